The molecule has 106 valence electrons. The molecule has 1 fully saturated rings. The molecule has 3 nitrogen and oxygen atoms in total. The van der Waals surface area contributed by atoms with Crippen molar-refractivity contribution in [3.63, 3.8) is 0 Å². The molecule has 20 heavy (non-hydrogen) atoms. The van der Waals surface area contributed by atoms with E-state index in [1.807, 2.05) is 6.07 Å². The van der Waals surface area contributed by atoms with Gasteiger partial charge in [0.25, 0.3) is 0 Å². The molecule has 0 radical (unpaired) electrons. The van der Waals surface area contributed by atoms with E-state index in [0.29, 0.717) is 5.58 Å². The fourth-order valence-corrected chi connectivity index (χ4v) is 3.09. The molecule has 1 saturated carbocycles. The molecule has 1 amide bonds. The summed E-state index contributed by atoms with van der Waals surface area (Å²) in [5, 5.41) is 0.737. The average Bonchev–Trinajstić information content (AvgIpc) is 3.10. The molecule has 1 aromatic carbocycles. The Kier molecular flexibility index (Phi) is 3.04. The number of benzene rings is 1. The lowest BCUT2D eigenvalue weighted by atomic mass is 9.83. The van der Waals surface area contributed by atoms with Gasteiger partial charge >= 0.3 is 0 Å². The van der Waals surface area contributed by atoms with E-state index in [2.05, 4.69) is 6.92 Å². The van der Waals surface area contributed by atoms with Gasteiger partial charge in [-0.2, -0.15) is 0 Å². The zero-order valence-corrected chi connectivity index (χ0v) is 11.5. The van der Waals surface area contributed by atoms with Crippen molar-refractivity contribution < 1.29 is 13.6 Å². The van der Waals surface area contributed by atoms with E-state index >= 15 is 0 Å². The molecule has 0 saturated heterocycles. The zero-order chi connectivity index (χ0) is 14.3. The zero-order valence-electron chi connectivity index (χ0n) is 11.5. The summed E-state index contributed by atoms with van der Waals surface area (Å²) in [7, 11) is 0. The van der Waals surface area contributed by atoms with Gasteiger partial charge in [0.2, 0.25) is 5.91 Å². The Morgan fingerprint density at radius 3 is 2.80 bits per heavy atom. The average molecular weight is 275 g/mol. The van der Waals surface area contributed by atoms with Gasteiger partial charge in [-0.3, -0.25) is 4.79 Å². The summed E-state index contributed by atoms with van der Waals surface area (Å²) in [5.74, 6) is 0.222. The third kappa shape index (κ3) is 1.99. The minimum Gasteiger partial charge on any atom is -0.461 e. The Morgan fingerprint density at radius 1 is 1.45 bits per heavy atom. The third-order valence-electron chi connectivity index (χ3n) is 4.36. The Morgan fingerprint density at radius 2 is 2.20 bits per heavy atom. The predicted octanol–water partition coefficient (Wildman–Crippen LogP) is 3.72. The number of amides is 1. The first-order chi connectivity index (χ1) is 9.56. The van der Waals surface area contributed by atoms with Crippen molar-refractivity contribution in [3.05, 3.63) is 35.8 Å². The van der Waals surface area contributed by atoms with Crippen LogP contribution in [0.2, 0.25) is 0 Å². The van der Waals surface area contributed by atoms with E-state index in [1.165, 1.54) is 12.1 Å². The minimum atomic E-state index is -0.456. The van der Waals surface area contributed by atoms with E-state index in [1.54, 1.807) is 6.07 Å². The number of primary amides is 1. The molecule has 2 N–H and O–H groups in total. The normalized spacial score (nSPS) is 18.1. The first-order valence-electron chi connectivity index (χ1n) is 7.06. The van der Waals surface area contributed by atoms with Crippen LogP contribution < -0.4 is 5.73 Å². The van der Waals surface area contributed by atoms with Crippen molar-refractivity contribution in [1.82, 2.24) is 0 Å². The van der Waals surface area contributed by atoms with Gasteiger partial charge in [0.05, 0.1) is 5.41 Å². The molecular formula is C16H18FNO2. The SMILES string of the molecule is CCC[C@H](c1cc2cc(F)ccc2o1)C1(C(N)=O)CC1. The number of hydrogen-bond donors (Lipinski definition) is 1. The molecule has 2 aromatic rings. The second kappa shape index (κ2) is 4.62. The summed E-state index contributed by atoms with van der Waals surface area (Å²) in [6.45, 7) is 2.08. The quantitative estimate of drug-likeness (QED) is 0.904. The molecular weight excluding hydrogens is 257 g/mol. The Labute approximate surface area is 116 Å². The fraction of sp³-hybridized carbons (Fsp3) is 0.438. The number of carbonyl (C=O) groups excluding carboxylic acids is 1. The van der Waals surface area contributed by atoms with Crippen molar-refractivity contribution in [2.45, 2.75) is 38.5 Å². The Hall–Kier alpha value is -1.84. The van der Waals surface area contributed by atoms with Gasteiger partial charge in [-0.1, -0.05) is 13.3 Å². The molecule has 0 unspecified atom stereocenters. The number of halogens is 1. The Bertz CT molecular complexity index is 658. The molecule has 1 aromatic heterocycles. The molecule has 1 aliphatic rings. The van der Waals surface area contributed by atoms with Gasteiger partial charge in [-0.15, -0.1) is 0 Å². The molecule has 1 atom stereocenters. The van der Waals surface area contributed by atoms with Crippen molar-refractivity contribution in [2.75, 3.05) is 0 Å². The molecule has 1 aliphatic carbocycles. The molecule has 3 rings (SSSR count). The summed E-state index contributed by atoms with van der Waals surface area (Å²) >= 11 is 0. The van der Waals surface area contributed by atoms with E-state index in [0.717, 1.165) is 36.8 Å². The lowest BCUT2D eigenvalue weighted by Crippen LogP contribution is -2.30. The first kappa shape index (κ1) is 13.2. The molecule has 0 bridgehead atoms. The summed E-state index contributed by atoms with van der Waals surface area (Å²) < 4.78 is 19.1. The maximum Gasteiger partial charge on any atom is 0.224 e. The van der Waals surface area contributed by atoms with Crippen LogP contribution in [0.3, 0.4) is 0 Å². The van der Waals surface area contributed by atoms with E-state index < -0.39 is 5.41 Å². The second-order valence-electron chi connectivity index (χ2n) is 5.69. The maximum atomic E-state index is 13.3. The standard InChI is InChI=1S/C16H18FNO2/c1-2-3-12(16(6-7-16)15(18)19)14-9-10-8-11(17)4-5-13(10)20-14/h4-5,8-9,12H,2-3,6-7H2,1H3,(H2,18,19)/t12-/m1/s1. The summed E-state index contributed by atoms with van der Waals surface area (Å²) in [5.41, 5.74) is 5.78. The molecule has 4 heteroatoms. The van der Waals surface area contributed by atoms with Crippen molar-refractivity contribution in [1.29, 1.82) is 0 Å². The first-order valence-corrected chi connectivity index (χ1v) is 7.06. The fourth-order valence-electron chi connectivity index (χ4n) is 3.09. The van der Waals surface area contributed by atoms with Crippen LogP contribution in [0.15, 0.2) is 28.7 Å². The number of furan rings is 1. The van der Waals surface area contributed by atoms with Crippen LogP contribution in [-0.2, 0) is 4.79 Å². The van der Waals surface area contributed by atoms with Crippen LogP contribution in [0.1, 0.15) is 44.3 Å². The highest BCUT2D eigenvalue weighted by atomic mass is 19.1. The summed E-state index contributed by atoms with van der Waals surface area (Å²) in [4.78, 5) is 11.8. The van der Waals surface area contributed by atoms with Crippen LogP contribution in [0.5, 0.6) is 0 Å². The number of rotatable bonds is 5. The molecule has 0 spiro atoms. The smallest absolute Gasteiger partial charge is 0.224 e. The second-order valence-corrected chi connectivity index (χ2v) is 5.69. The van der Waals surface area contributed by atoms with Crippen LogP contribution in [0.4, 0.5) is 4.39 Å². The number of carbonyl (C=O) groups is 1. The maximum absolute atomic E-state index is 13.3. The lowest BCUT2D eigenvalue weighted by Gasteiger charge is -2.21. The van der Waals surface area contributed by atoms with Crippen molar-refractivity contribution in [3.8, 4) is 0 Å². The number of nitrogens with two attached hydrogens (primary N) is 1. The Balaban J connectivity index is 2.03. The van der Waals surface area contributed by atoms with Crippen LogP contribution in [0, 0.1) is 11.2 Å². The van der Waals surface area contributed by atoms with Crippen LogP contribution in [-0.4, -0.2) is 5.91 Å². The van der Waals surface area contributed by atoms with Crippen molar-refractivity contribution >= 4 is 16.9 Å². The third-order valence-corrected chi connectivity index (χ3v) is 4.36. The van der Waals surface area contributed by atoms with Gasteiger partial charge in [0.15, 0.2) is 0 Å². The van der Waals surface area contributed by atoms with Crippen LogP contribution in [0.25, 0.3) is 11.0 Å². The van der Waals surface area contributed by atoms with E-state index in [-0.39, 0.29) is 17.6 Å². The monoisotopic (exact) mass is 275 g/mol. The van der Waals surface area contributed by atoms with Gasteiger partial charge in [0.1, 0.15) is 17.2 Å². The summed E-state index contributed by atoms with van der Waals surface area (Å²) in [6, 6.07) is 6.31. The number of hydrogen-bond acceptors (Lipinski definition) is 2. The topological polar surface area (TPSA) is 56.2 Å². The molecule has 1 heterocycles. The molecule has 0 aliphatic heterocycles. The highest BCUT2D eigenvalue weighted by molar-refractivity contribution is 5.85. The minimum absolute atomic E-state index is 0.000427. The van der Waals surface area contributed by atoms with Gasteiger partial charge in [-0.25, -0.2) is 4.39 Å². The van der Waals surface area contributed by atoms with Gasteiger partial charge < -0.3 is 10.2 Å². The predicted molar refractivity (Wildman–Crippen MR) is 74.7 cm³/mol. The van der Waals surface area contributed by atoms with E-state index in [9.17, 15) is 9.18 Å². The highest BCUT2D eigenvalue weighted by Crippen LogP contribution is 2.58. The van der Waals surface area contributed by atoms with Crippen LogP contribution >= 0.6 is 0 Å². The van der Waals surface area contributed by atoms with E-state index in [4.69, 9.17) is 10.2 Å². The van der Waals surface area contributed by atoms with Gasteiger partial charge in [0, 0.05) is 11.3 Å². The summed E-state index contributed by atoms with van der Waals surface area (Å²) in [6.07, 6.45) is 3.44. The largest absolute Gasteiger partial charge is 0.461 e. The number of fused-ring (bicyclic) bond motifs is 1. The lowest BCUT2D eigenvalue weighted by molar-refractivity contribution is -0.124. The van der Waals surface area contributed by atoms with Gasteiger partial charge in [-0.05, 0) is 43.5 Å². The highest BCUT2D eigenvalue weighted by Gasteiger charge is 2.55. The van der Waals surface area contributed by atoms with Crippen molar-refractivity contribution in [2.24, 2.45) is 11.1 Å².